The molecular formula is C12H19F3N4. The number of alkyl halides is 3. The Morgan fingerprint density at radius 1 is 1.26 bits per heavy atom. The maximum Gasteiger partial charge on any atom is 0.435 e. The molecule has 0 aliphatic heterocycles. The molecule has 0 fully saturated rings. The van der Waals surface area contributed by atoms with E-state index in [0.29, 0.717) is 24.8 Å². The third-order valence-corrected chi connectivity index (χ3v) is 2.80. The topological polar surface area (TPSA) is 63.8 Å². The minimum Gasteiger partial charge on any atom is -0.368 e. The van der Waals surface area contributed by atoms with Crippen LogP contribution in [0.4, 0.5) is 19.0 Å². The van der Waals surface area contributed by atoms with E-state index >= 15 is 0 Å². The van der Waals surface area contributed by atoms with Crippen molar-refractivity contribution < 1.29 is 13.2 Å². The summed E-state index contributed by atoms with van der Waals surface area (Å²) in [6, 6.07) is 2.22. The van der Waals surface area contributed by atoms with Gasteiger partial charge in [0.2, 0.25) is 0 Å². The molecule has 0 saturated carbocycles. The van der Waals surface area contributed by atoms with Gasteiger partial charge >= 0.3 is 6.18 Å². The maximum absolute atomic E-state index is 12.3. The summed E-state index contributed by atoms with van der Waals surface area (Å²) in [7, 11) is 0. The summed E-state index contributed by atoms with van der Waals surface area (Å²) in [5, 5.41) is 9.68. The number of halogens is 3. The first kappa shape index (κ1) is 15.7. The molecule has 0 bridgehead atoms. The van der Waals surface area contributed by atoms with Gasteiger partial charge in [-0.25, -0.2) is 0 Å². The van der Waals surface area contributed by atoms with Gasteiger partial charge in [0.1, 0.15) is 5.82 Å². The van der Waals surface area contributed by atoms with Crippen LogP contribution in [0.15, 0.2) is 12.1 Å². The lowest BCUT2D eigenvalue weighted by Crippen LogP contribution is -2.19. The Bertz CT molecular complexity index is 358. The lowest BCUT2D eigenvalue weighted by Gasteiger charge is -2.16. The Labute approximate surface area is 110 Å². The molecule has 1 rings (SSSR count). The smallest absolute Gasteiger partial charge is 0.368 e. The molecule has 1 atom stereocenters. The largest absolute Gasteiger partial charge is 0.435 e. The van der Waals surface area contributed by atoms with Gasteiger partial charge < -0.3 is 11.1 Å². The molecule has 0 amide bonds. The van der Waals surface area contributed by atoms with Gasteiger partial charge in [0.05, 0.1) is 0 Å². The van der Waals surface area contributed by atoms with Gasteiger partial charge in [0.15, 0.2) is 5.69 Å². The van der Waals surface area contributed by atoms with Crippen LogP contribution in [0.3, 0.4) is 0 Å². The van der Waals surface area contributed by atoms with E-state index in [-0.39, 0.29) is 0 Å². The molecule has 1 aromatic rings. The van der Waals surface area contributed by atoms with Crippen LogP contribution in [-0.4, -0.2) is 23.3 Å². The van der Waals surface area contributed by atoms with Crippen LogP contribution in [0.2, 0.25) is 0 Å². The minimum atomic E-state index is -4.45. The first-order chi connectivity index (χ1) is 8.97. The van der Waals surface area contributed by atoms with E-state index in [2.05, 4.69) is 22.4 Å². The molecule has 4 nitrogen and oxygen atoms in total. The Balaban J connectivity index is 2.53. The molecule has 1 aromatic heterocycles. The highest BCUT2D eigenvalue weighted by Crippen LogP contribution is 2.27. The van der Waals surface area contributed by atoms with Crippen molar-refractivity contribution >= 4 is 5.82 Å². The van der Waals surface area contributed by atoms with Crippen molar-refractivity contribution in [3.05, 3.63) is 17.8 Å². The molecular weight excluding hydrogens is 257 g/mol. The molecule has 0 radical (unpaired) electrons. The van der Waals surface area contributed by atoms with Crippen molar-refractivity contribution in [2.75, 3.05) is 18.4 Å². The predicted octanol–water partition coefficient (Wildman–Crippen LogP) is 2.67. The van der Waals surface area contributed by atoms with E-state index in [1.54, 1.807) is 0 Å². The highest BCUT2D eigenvalue weighted by molar-refractivity contribution is 5.33. The monoisotopic (exact) mass is 276 g/mol. The Morgan fingerprint density at radius 3 is 2.47 bits per heavy atom. The van der Waals surface area contributed by atoms with Crippen molar-refractivity contribution in [1.29, 1.82) is 0 Å². The van der Waals surface area contributed by atoms with E-state index in [4.69, 9.17) is 5.73 Å². The zero-order valence-corrected chi connectivity index (χ0v) is 10.9. The number of nitrogens with two attached hydrogens (primary N) is 1. The van der Waals surface area contributed by atoms with Crippen LogP contribution in [0.25, 0.3) is 0 Å². The summed E-state index contributed by atoms with van der Waals surface area (Å²) >= 11 is 0. The third kappa shape index (κ3) is 5.42. The second kappa shape index (κ2) is 7.28. The predicted molar refractivity (Wildman–Crippen MR) is 67.6 cm³/mol. The average Bonchev–Trinajstić information content (AvgIpc) is 2.36. The maximum atomic E-state index is 12.3. The molecule has 19 heavy (non-hydrogen) atoms. The summed E-state index contributed by atoms with van der Waals surface area (Å²) in [6.07, 6.45) is -1.49. The number of rotatable bonds is 7. The number of aromatic nitrogens is 2. The Hall–Kier alpha value is -1.37. The van der Waals surface area contributed by atoms with Gasteiger partial charge in [0, 0.05) is 6.54 Å². The normalized spacial score (nSPS) is 13.3. The minimum absolute atomic E-state index is 0.353. The number of nitrogens with one attached hydrogen (secondary N) is 1. The van der Waals surface area contributed by atoms with E-state index in [1.807, 2.05) is 0 Å². The fourth-order valence-electron chi connectivity index (χ4n) is 1.82. The zero-order valence-electron chi connectivity index (χ0n) is 10.9. The van der Waals surface area contributed by atoms with E-state index in [9.17, 15) is 13.2 Å². The Morgan fingerprint density at radius 2 is 2.00 bits per heavy atom. The zero-order chi connectivity index (χ0) is 14.3. The number of hydrogen-bond acceptors (Lipinski definition) is 4. The van der Waals surface area contributed by atoms with Crippen LogP contribution in [0.5, 0.6) is 0 Å². The van der Waals surface area contributed by atoms with E-state index < -0.39 is 11.9 Å². The van der Waals surface area contributed by atoms with Gasteiger partial charge in [0.25, 0.3) is 0 Å². The van der Waals surface area contributed by atoms with Gasteiger partial charge in [-0.3, -0.25) is 0 Å². The van der Waals surface area contributed by atoms with Crippen LogP contribution in [0, 0.1) is 5.92 Å². The summed E-state index contributed by atoms with van der Waals surface area (Å²) in [6.45, 7) is 3.33. The molecule has 3 N–H and O–H groups in total. The van der Waals surface area contributed by atoms with E-state index in [0.717, 1.165) is 25.3 Å². The molecule has 1 heterocycles. The van der Waals surface area contributed by atoms with Crippen LogP contribution >= 0.6 is 0 Å². The molecule has 0 saturated heterocycles. The van der Waals surface area contributed by atoms with Gasteiger partial charge in [-0.05, 0) is 37.4 Å². The number of nitrogens with zero attached hydrogens (tertiary/aromatic N) is 2. The fraction of sp³-hybridized carbons (Fsp3) is 0.667. The molecule has 108 valence electrons. The van der Waals surface area contributed by atoms with Crippen molar-refractivity contribution in [2.24, 2.45) is 11.7 Å². The molecule has 0 aliphatic carbocycles. The van der Waals surface area contributed by atoms with Crippen LogP contribution in [0.1, 0.15) is 31.9 Å². The Kier molecular flexibility index (Phi) is 6.01. The first-order valence-corrected chi connectivity index (χ1v) is 6.32. The molecule has 0 aromatic carbocycles. The lowest BCUT2D eigenvalue weighted by atomic mass is 10.00. The van der Waals surface area contributed by atoms with E-state index in [1.165, 1.54) is 6.07 Å². The fourth-order valence-corrected chi connectivity index (χ4v) is 1.82. The summed E-state index contributed by atoms with van der Waals surface area (Å²) in [5.41, 5.74) is 4.53. The summed E-state index contributed by atoms with van der Waals surface area (Å²) in [5.74, 6) is 0.755. The standard InChI is InChI=1S/C12H19F3N4/c1-2-3-9(6-7-16)8-17-11-5-4-10(18-19-11)12(13,14)15/h4-5,9H,2-3,6-8,16H2,1H3,(H,17,19). The SMILES string of the molecule is CCCC(CCN)CNc1ccc(C(F)(F)F)nn1. The summed E-state index contributed by atoms with van der Waals surface area (Å²) in [4.78, 5) is 0. The van der Waals surface area contributed by atoms with Crippen molar-refractivity contribution in [1.82, 2.24) is 10.2 Å². The first-order valence-electron chi connectivity index (χ1n) is 6.32. The summed E-state index contributed by atoms with van der Waals surface area (Å²) < 4.78 is 36.9. The molecule has 0 aliphatic rings. The van der Waals surface area contributed by atoms with Crippen LogP contribution < -0.4 is 11.1 Å². The van der Waals surface area contributed by atoms with Gasteiger partial charge in [-0.15, -0.1) is 10.2 Å². The van der Waals surface area contributed by atoms with Crippen LogP contribution in [-0.2, 0) is 6.18 Å². The number of hydrogen-bond donors (Lipinski definition) is 2. The average molecular weight is 276 g/mol. The third-order valence-electron chi connectivity index (χ3n) is 2.80. The quantitative estimate of drug-likeness (QED) is 0.803. The molecule has 1 unspecified atom stereocenters. The molecule has 0 spiro atoms. The second-order valence-electron chi connectivity index (χ2n) is 4.41. The van der Waals surface area contributed by atoms with Gasteiger partial charge in [-0.2, -0.15) is 13.2 Å². The number of anilines is 1. The van der Waals surface area contributed by atoms with Crippen molar-refractivity contribution in [2.45, 2.75) is 32.4 Å². The van der Waals surface area contributed by atoms with Crippen molar-refractivity contribution in [3.63, 3.8) is 0 Å². The van der Waals surface area contributed by atoms with Crippen molar-refractivity contribution in [3.8, 4) is 0 Å². The lowest BCUT2D eigenvalue weighted by molar-refractivity contribution is -0.141. The molecule has 7 heteroatoms. The van der Waals surface area contributed by atoms with Gasteiger partial charge in [-0.1, -0.05) is 13.3 Å². The highest BCUT2D eigenvalue weighted by Gasteiger charge is 2.32. The second-order valence-corrected chi connectivity index (χ2v) is 4.41. The highest BCUT2D eigenvalue weighted by atomic mass is 19.4.